The molecular weight excluding hydrogens is 276 g/mol. The molecule has 0 unspecified atom stereocenters. The minimum Gasteiger partial charge on any atom is -0.351 e. The molecule has 1 saturated carbocycles. The van der Waals surface area contributed by atoms with Crippen LogP contribution in [0.15, 0.2) is 10.6 Å². The van der Waals surface area contributed by atoms with Gasteiger partial charge in [0, 0.05) is 24.6 Å². The van der Waals surface area contributed by atoms with Gasteiger partial charge in [0.05, 0.1) is 5.69 Å². The molecule has 2 heterocycles. The van der Waals surface area contributed by atoms with Crippen molar-refractivity contribution in [3.05, 3.63) is 17.5 Å². The fourth-order valence-corrected chi connectivity index (χ4v) is 4.31. The smallest absolute Gasteiger partial charge is 0.292 e. The summed E-state index contributed by atoms with van der Waals surface area (Å²) in [6.45, 7) is 5.18. The van der Waals surface area contributed by atoms with Gasteiger partial charge in [-0.1, -0.05) is 31.8 Å². The monoisotopic (exact) mass is 304 g/mol. The topological polar surface area (TPSA) is 46.3 Å². The fraction of sp³-hybridized carbons (Fsp3) is 0.778. The van der Waals surface area contributed by atoms with Gasteiger partial charge in [0.15, 0.2) is 0 Å². The van der Waals surface area contributed by atoms with E-state index in [-0.39, 0.29) is 5.91 Å². The zero-order chi connectivity index (χ0) is 15.5. The second-order valence-electron chi connectivity index (χ2n) is 6.88. The van der Waals surface area contributed by atoms with Gasteiger partial charge < -0.3 is 9.42 Å². The fourth-order valence-electron chi connectivity index (χ4n) is 4.31. The average Bonchev–Trinajstić information content (AvgIpc) is 3.27. The van der Waals surface area contributed by atoms with Gasteiger partial charge in [0.2, 0.25) is 5.76 Å². The summed E-state index contributed by atoms with van der Waals surface area (Å²) in [6, 6.07) is 2.31. The van der Waals surface area contributed by atoms with E-state index in [4.69, 9.17) is 4.52 Å². The first-order chi connectivity index (χ1) is 10.7. The van der Waals surface area contributed by atoms with Crippen molar-refractivity contribution in [3.63, 3.8) is 0 Å². The molecule has 1 aromatic heterocycles. The van der Waals surface area contributed by atoms with Crippen LogP contribution in [0, 0.1) is 5.92 Å². The molecule has 122 valence electrons. The highest BCUT2D eigenvalue weighted by Gasteiger charge is 2.37. The Morgan fingerprint density at radius 2 is 2.00 bits per heavy atom. The molecule has 4 nitrogen and oxygen atoms in total. The molecule has 0 aromatic carbocycles. The number of carbonyl (C=O) groups excluding carboxylic acids is 1. The van der Waals surface area contributed by atoms with Crippen LogP contribution in [0.5, 0.6) is 0 Å². The second kappa shape index (κ2) is 6.84. The van der Waals surface area contributed by atoms with Crippen molar-refractivity contribution in [2.45, 2.75) is 77.2 Å². The summed E-state index contributed by atoms with van der Waals surface area (Å²) in [5.74, 6) is 1.59. The third kappa shape index (κ3) is 2.92. The van der Waals surface area contributed by atoms with Gasteiger partial charge in [0.25, 0.3) is 5.91 Å². The predicted molar refractivity (Wildman–Crippen MR) is 85.8 cm³/mol. The number of carbonyl (C=O) groups is 1. The van der Waals surface area contributed by atoms with Crippen LogP contribution in [0.4, 0.5) is 0 Å². The van der Waals surface area contributed by atoms with Crippen molar-refractivity contribution >= 4 is 5.91 Å². The summed E-state index contributed by atoms with van der Waals surface area (Å²) < 4.78 is 5.39. The van der Waals surface area contributed by atoms with E-state index < -0.39 is 0 Å². The Bertz CT molecular complexity index is 501. The van der Waals surface area contributed by atoms with Gasteiger partial charge in [-0.15, -0.1) is 0 Å². The summed E-state index contributed by atoms with van der Waals surface area (Å²) in [5.41, 5.74) is 0.935. The molecule has 2 aliphatic rings. The third-order valence-electron chi connectivity index (χ3n) is 5.65. The molecule has 1 saturated heterocycles. The van der Waals surface area contributed by atoms with E-state index in [1.807, 2.05) is 6.07 Å². The van der Waals surface area contributed by atoms with Crippen molar-refractivity contribution in [3.8, 4) is 0 Å². The molecule has 1 aromatic rings. The van der Waals surface area contributed by atoms with Crippen LogP contribution >= 0.6 is 0 Å². The minimum absolute atomic E-state index is 0.0547. The van der Waals surface area contributed by atoms with Crippen molar-refractivity contribution in [1.29, 1.82) is 0 Å². The van der Waals surface area contributed by atoms with Crippen LogP contribution in [0.1, 0.15) is 87.4 Å². The van der Waals surface area contributed by atoms with Crippen molar-refractivity contribution < 1.29 is 9.32 Å². The highest BCUT2D eigenvalue weighted by atomic mass is 16.5. The molecule has 4 heteroatoms. The Kier molecular flexibility index (Phi) is 4.84. The molecule has 0 spiro atoms. The normalized spacial score (nSPS) is 22.9. The van der Waals surface area contributed by atoms with E-state index in [9.17, 15) is 4.79 Å². The summed E-state index contributed by atoms with van der Waals surface area (Å²) in [4.78, 5) is 14.9. The van der Waals surface area contributed by atoms with E-state index >= 15 is 0 Å². The molecule has 2 fully saturated rings. The Balaban J connectivity index is 1.72. The third-order valence-corrected chi connectivity index (χ3v) is 5.65. The lowest BCUT2D eigenvalue weighted by molar-refractivity contribution is 0.0647. The molecule has 22 heavy (non-hydrogen) atoms. The van der Waals surface area contributed by atoms with Crippen LogP contribution in [0.25, 0.3) is 0 Å². The molecule has 1 amide bonds. The highest BCUT2D eigenvalue weighted by molar-refractivity contribution is 5.92. The lowest BCUT2D eigenvalue weighted by Gasteiger charge is -2.28. The molecule has 0 N–H and O–H groups in total. The van der Waals surface area contributed by atoms with E-state index in [1.54, 1.807) is 0 Å². The molecule has 0 bridgehead atoms. The van der Waals surface area contributed by atoms with Gasteiger partial charge in [0.1, 0.15) is 0 Å². The van der Waals surface area contributed by atoms with Gasteiger partial charge in [-0.25, -0.2) is 0 Å². The first kappa shape index (κ1) is 15.6. The number of amides is 1. The van der Waals surface area contributed by atoms with Crippen LogP contribution in [-0.2, 0) is 0 Å². The van der Waals surface area contributed by atoms with E-state index in [2.05, 4.69) is 23.9 Å². The molecule has 1 aliphatic heterocycles. The lowest BCUT2D eigenvalue weighted by atomic mass is 9.96. The Morgan fingerprint density at radius 1 is 1.27 bits per heavy atom. The number of aromatic nitrogens is 1. The molecular formula is C18H28N2O2. The number of hydrogen-bond acceptors (Lipinski definition) is 3. The number of rotatable bonds is 5. The summed E-state index contributed by atoms with van der Waals surface area (Å²) in [5, 5.41) is 4.15. The van der Waals surface area contributed by atoms with Crippen molar-refractivity contribution in [1.82, 2.24) is 10.1 Å². The number of nitrogens with zero attached hydrogens (tertiary/aromatic N) is 2. The summed E-state index contributed by atoms with van der Waals surface area (Å²) in [6.07, 6.45) is 9.56. The SMILES string of the molecule is CCC(CC)c1cc(C(=O)N2CCC[C@H]2C2CCCC2)on1. The molecule has 0 radical (unpaired) electrons. The Hall–Kier alpha value is -1.32. The van der Waals surface area contributed by atoms with Crippen molar-refractivity contribution in [2.24, 2.45) is 5.92 Å². The van der Waals surface area contributed by atoms with E-state index in [0.717, 1.165) is 37.9 Å². The molecule has 1 aliphatic carbocycles. The van der Waals surface area contributed by atoms with Gasteiger partial charge in [-0.3, -0.25) is 4.79 Å². The summed E-state index contributed by atoms with van der Waals surface area (Å²) >= 11 is 0. The largest absolute Gasteiger partial charge is 0.351 e. The van der Waals surface area contributed by atoms with Crippen LogP contribution < -0.4 is 0 Å². The minimum atomic E-state index is 0.0547. The predicted octanol–water partition coefficient (Wildman–Crippen LogP) is 4.37. The standard InChI is InChI=1S/C18H28N2O2/c1-3-13(4-2)15-12-17(22-19-15)18(21)20-11-7-10-16(20)14-8-5-6-9-14/h12-14,16H,3-11H2,1-2H3/t16-/m0/s1. The summed E-state index contributed by atoms with van der Waals surface area (Å²) in [7, 11) is 0. The van der Waals surface area contributed by atoms with Gasteiger partial charge >= 0.3 is 0 Å². The average molecular weight is 304 g/mol. The first-order valence-electron chi connectivity index (χ1n) is 9.02. The zero-order valence-electron chi connectivity index (χ0n) is 13.9. The first-order valence-corrected chi connectivity index (χ1v) is 9.02. The van der Waals surface area contributed by atoms with E-state index in [0.29, 0.717) is 23.6 Å². The number of likely N-dealkylation sites (tertiary alicyclic amines) is 1. The second-order valence-corrected chi connectivity index (χ2v) is 6.88. The van der Waals surface area contributed by atoms with Crippen molar-refractivity contribution in [2.75, 3.05) is 6.54 Å². The molecule has 1 atom stereocenters. The molecule has 3 rings (SSSR count). The zero-order valence-corrected chi connectivity index (χ0v) is 13.9. The number of hydrogen-bond donors (Lipinski definition) is 0. The highest BCUT2D eigenvalue weighted by Crippen LogP contribution is 2.36. The maximum Gasteiger partial charge on any atom is 0.292 e. The maximum atomic E-state index is 12.8. The van der Waals surface area contributed by atoms with Gasteiger partial charge in [-0.05, 0) is 44.4 Å². The Labute approximate surface area is 133 Å². The van der Waals surface area contributed by atoms with Crippen LogP contribution in [0.3, 0.4) is 0 Å². The van der Waals surface area contributed by atoms with Crippen LogP contribution in [0.2, 0.25) is 0 Å². The van der Waals surface area contributed by atoms with E-state index in [1.165, 1.54) is 25.7 Å². The Morgan fingerprint density at radius 3 is 2.68 bits per heavy atom. The quantitative estimate of drug-likeness (QED) is 0.811. The lowest BCUT2D eigenvalue weighted by Crippen LogP contribution is -2.39. The van der Waals surface area contributed by atoms with Gasteiger partial charge in [-0.2, -0.15) is 0 Å². The van der Waals surface area contributed by atoms with Crippen LogP contribution in [-0.4, -0.2) is 28.6 Å². The maximum absolute atomic E-state index is 12.8.